The topological polar surface area (TPSA) is 0 Å². The second kappa shape index (κ2) is 3.58. The van der Waals surface area contributed by atoms with E-state index in [9.17, 15) is 0 Å². The maximum absolute atomic E-state index is 2.24. The van der Waals surface area contributed by atoms with Crippen LogP contribution in [-0.4, -0.2) is 0 Å². The Bertz CT molecular complexity index is 452. The molecule has 0 saturated heterocycles. The summed E-state index contributed by atoms with van der Waals surface area (Å²) in [5, 5.41) is 4.43. The number of thiophene rings is 1. The lowest BCUT2D eigenvalue weighted by molar-refractivity contribution is 1.37. The van der Waals surface area contributed by atoms with E-state index in [-0.39, 0.29) is 0 Å². The Morgan fingerprint density at radius 3 is 2.21 bits per heavy atom. The molecule has 0 amide bonds. The molecule has 0 atom stereocenters. The van der Waals surface area contributed by atoms with E-state index in [0.29, 0.717) is 0 Å². The van der Waals surface area contributed by atoms with E-state index in [2.05, 4.69) is 49.7 Å². The molecular formula is C13H14S. The van der Waals surface area contributed by atoms with Crippen LogP contribution in [0.25, 0.3) is 11.1 Å². The molecule has 0 aliphatic heterocycles. The lowest BCUT2D eigenvalue weighted by Crippen LogP contribution is -1.84. The van der Waals surface area contributed by atoms with Crippen molar-refractivity contribution in [1.29, 1.82) is 0 Å². The second-order valence-electron chi connectivity index (χ2n) is 3.79. The molecule has 14 heavy (non-hydrogen) atoms. The fourth-order valence-electron chi connectivity index (χ4n) is 1.75. The van der Waals surface area contributed by atoms with Gasteiger partial charge in [-0.05, 0) is 53.8 Å². The van der Waals surface area contributed by atoms with Crippen molar-refractivity contribution in [3.05, 3.63) is 45.6 Å². The zero-order valence-electron chi connectivity index (χ0n) is 8.79. The van der Waals surface area contributed by atoms with Gasteiger partial charge in [0.15, 0.2) is 0 Å². The molecule has 0 saturated carbocycles. The highest BCUT2D eigenvalue weighted by molar-refractivity contribution is 7.08. The molecule has 0 aliphatic carbocycles. The quantitative estimate of drug-likeness (QED) is 0.645. The Kier molecular flexibility index (Phi) is 2.42. The molecule has 1 heteroatoms. The van der Waals surface area contributed by atoms with Crippen molar-refractivity contribution in [2.45, 2.75) is 20.8 Å². The summed E-state index contributed by atoms with van der Waals surface area (Å²) < 4.78 is 0. The average molecular weight is 202 g/mol. The largest absolute Gasteiger partial charge is 0.151 e. The number of rotatable bonds is 1. The van der Waals surface area contributed by atoms with Gasteiger partial charge >= 0.3 is 0 Å². The first-order valence-corrected chi connectivity index (χ1v) is 5.73. The minimum atomic E-state index is 1.33. The lowest BCUT2D eigenvalue weighted by Gasteiger charge is -2.06. The van der Waals surface area contributed by atoms with Crippen LogP contribution in [0.5, 0.6) is 0 Å². The Morgan fingerprint density at radius 1 is 0.857 bits per heavy atom. The van der Waals surface area contributed by atoms with Crippen molar-refractivity contribution in [2.75, 3.05) is 0 Å². The Morgan fingerprint density at radius 2 is 1.64 bits per heavy atom. The second-order valence-corrected chi connectivity index (χ2v) is 4.53. The third-order valence-corrected chi connectivity index (χ3v) is 3.39. The van der Waals surface area contributed by atoms with Crippen LogP contribution in [0, 0.1) is 20.8 Å². The molecule has 2 aromatic rings. The summed E-state index contributed by atoms with van der Waals surface area (Å²) in [4.78, 5) is 0. The lowest BCUT2D eigenvalue weighted by atomic mass is 9.99. The van der Waals surface area contributed by atoms with Gasteiger partial charge in [0, 0.05) is 0 Å². The summed E-state index contributed by atoms with van der Waals surface area (Å²) in [6.45, 7) is 6.49. The average Bonchev–Trinajstić information content (AvgIpc) is 2.52. The summed E-state index contributed by atoms with van der Waals surface area (Å²) in [7, 11) is 0. The van der Waals surface area contributed by atoms with Crippen LogP contribution in [-0.2, 0) is 0 Å². The number of hydrogen-bond acceptors (Lipinski definition) is 1. The van der Waals surface area contributed by atoms with E-state index in [1.165, 1.54) is 27.8 Å². The van der Waals surface area contributed by atoms with Crippen molar-refractivity contribution in [3.8, 4) is 11.1 Å². The van der Waals surface area contributed by atoms with E-state index < -0.39 is 0 Å². The zero-order valence-corrected chi connectivity index (χ0v) is 9.61. The van der Waals surface area contributed by atoms with Gasteiger partial charge in [-0.15, -0.1) is 0 Å². The Labute approximate surface area is 89.2 Å². The molecule has 2 rings (SSSR count). The SMILES string of the molecule is Cc1ccc(-c2cscc2C)c(C)c1. The van der Waals surface area contributed by atoms with Crippen LogP contribution in [0.1, 0.15) is 16.7 Å². The third kappa shape index (κ3) is 1.60. The molecule has 0 unspecified atom stereocenters. The summed E-state index contributed by atoms with van der Waals surface area (Å²) in [5.74, 6) is 0. The predicted molar refractivity (Wildman–Crippen MR) is 64.0 cm³/mol. The zero-order chi connectivity index (χ0) is 10.1. The van der Waals surface area contributed by atoms with Crippen LogP contribution >= 0.6 is 11.3 Å². The van der Waals surface area contributed by atoms with Crippen LogP contribution < -0.4 is 0 Å². The maximum Gasteiger partial charge on any atom is -0.00119 e. The highest BCUT2D eigenvalue weighted by Gasteiger charge is 2.05. The fraction of sp³-hybridized carbons (Fsp3) is 0.231. The fourth-order valence-corrected chi connectivity index (χ4v) is 2.60. The van der Waals surface area contributed by atoms with Gasteiger partial charge in [0.2, 0.25) is 0 Å². The van der Waals surface area contributed by atoms with Gasteiger partial charge in [-0.3, -0.25) is 0 Å². The summed E-state index contributed by atoms with van der Waals surface area (Å²) in [6, 6.07) is 6.64. The monoisotopic (exact) mass is 202 g/mol. The number of aryl methyl sites for hydroxylation is 3. The van der Waals surface area contributed by atoms with E-state index in [1.807, 2.05) is 0 Å². The van der Waals surface area contributed by atoms with Gasteiger partial charge in [0.05, 0.1) is 0 Å². The van der Waals surface area contributed by atoms with Gasteiger partial charge in [-0.1, -0.05) is 23.8 Å². The first-order chi connectivity index (χ1) is 6.68. The van der Waals surface area contributed by atoms with Gasteiger partial charge in [0.25, 0.3) is 0 Å². The van der Waals surface area contributed by atoms with Crippen LogP contribution in [0.3, 0.4) is 0 Å². The van der Waals surface area contributed by atoms with Crippen LogP contribution in [0.2, 0.25) is 0 Å². The summed E-state index contributed by atoms with van der Waals surface area (Å²) in [6.07, 6.45) is 0. The standard InChI is InChI=1S/C13H14S/c1-9-4-5-12(10(2)6-9)13-8-14-7-11(13)3/h4-8H,1-3H3. The summed E-state index contributed by atoms with van der Waals surface area (Å²) >= 11 is 1.77. The molecule has 1 heterocycles. The van der Waals surface area contributed by atoms with E-state index >= 15 is 0 Å². The molecule has 0 radical (unpaired) electrons. The smallest absolute Gasteiger partial charge is 0.00119 e. The highest BCUT2D eigenvalue weighted by Crippen LogP contribution is 2.29. The highest BCUT2D eigenvalue weighted by atomic mass is 32.1. The molecule has 0 N–H and O–H groups in total. The van der Waals surface area contributed by atoms with Crippen molar-refractivity contribution in [3.63, 3.8) is 0 Å². The Balaban J connectivity index is 2.58. The number of hydrogen-bond donors (Lipinski definition) is 0. The molecule has 1 aromatic heterocycles. The normalized spacial score (nSPS) is 10.5. The van der Waals surface area contributed by atoms with Crippen molar-refractivity contribution < 1.29 is 0 Å². The van der Waals surface area contributed by atoms with Gasteiger partial charge in [0.1, 0.15) is 0 Å². The van der Waals surface area contributed by atoms with E-state index in [4.69, 9.17) is 0 Å². The first kappa shape index (κ1) is 9.47. The van der Waals surface area contributed by atoms with Gasteiger partial charge < -0.3 is 0 Å². The van der Waals surface area contributed by atoms with Gasteiger partial charge in [-0.25, -0.2) is 0 Å². The van der Waals surface area contributed by atoms with E-state index in [0.717, 1.165) is 0 Å². The van der Waals surface area contributed by atoms with Gasteiger partial charge in [-0.2, -0.15) is 11.3 Å². The summed E-state index contributed by atoms with van der Waals surface area (Å²) in [5.41, 5.74) is 6.83. The molecule has 0 spiro atoms. The van der Waals surface area contributed by atoms with Crippen LogP contribution in [0.4, 0.5) is 0 Å². The molecule has 0 fully saturated rings. The molecule has 0 aliphatic rings. The molecule has 1 aromatic carbocycles. The van der Waals surface area contributed by atoms with E-state index in [1.54, 1.807) is 11.3 Å². The first-order valence-electron chi connectivity index (χ1n) is 4.79. The maximum atomic E-state index is 2.24. The predicted octanol–water partition coefficient (Wildman–Crippen LogP) is 4.34. The van der Waals surface area contributed by atoms with Crippen molar-refractivity contribution in [2.24, 2.45) is 0 Å². The third-order valence-electron chi connectivity index (χ3n) is 2.53. The van der Waals surface area contributed by atoms with Crippen molar-refractivity contribution >= 4 is 11.3 Å². The molecule has 0 bridgehead atoms. The molecule has 0 nitrogen and oxygen atoms in total. The molecular weight excluding hydrogens is 188 g/mol. The number of benzene rings is 1. The Hall–Kier alpha value is -1.08. The molecule has 72 valence electrons. The minimum absolute atomic E-state index is 1.33. The minimum Gasteiger partial charge on any atom is -0.151 e. The van der Waals surface area contributed by atoms with Crippen molar-refractivity contribution in [1.82, 2.24) is 0 Å². The van der Waals surface area contributed by atoms with Crippen LogP contribution in [0.15, 0.2) is 29.0 Å².